The monoisotopic (exact) mass is 222 g/mol. The van der Waals surface area contributed by atoms with Gasteiger partial charge in [0.25, 0.3) is 0 Å². The highest BCUT2D eigenvalue weighted by molar-refractivity contribution is 6.33. The minimum Gasteiger partial charge on any atom is -0.397 e. The van der Waals surface area contributed by atoms with Crippen LogP contribution < -0.4 is 11.1 Å². The van der Waals surface area contributed by atoms with Crippen LogP contribution in [0.5, 0.6) is 0 Å². The average molecular weight is 223 g/mol. The molecule has 0 fully saturated rings. The molecule has 1 heterocycles. The van der Waals surface area contributed by atoms with Crippen LogP contribution in [-0.2, 0) is 6.54 Å². The molecule has 78 valence electrons. The van der Waals surface area contributed by atoms with E-state index in [0.29, 0.717) is 17.3 Å². The smallest absolute Gasteiger partial charge is 0.125 e. The molecule has 5 heteroatoms. The fraction of sp³-hybridized carbons (Fsp3) is 0.100. The van der Waals surface area contributed by atoms with E-state index in [2.05, 4.69) is 15.3 Å². The number of nitrogens with two attached hydrogens (primary N) is 1. The molecule has 0 spiro atoms. The molecule has 0 bridgehead atoms. The van der Waals surface area contributed by atoms with E-state index in [-0.39, 0.29) is 0 Å². The molecular formula is C10H11ClN4. The van der Waals surface area contributed by atoms with Crippen LogP contribution >= 0.6 is 11.6 Å². The Morgan fingerprint density at radius 2 is 2.33 bits per heavy atom. The first kappa shape index (κ1) is 9.86. The largest absolute Gasteiger partial charge is 0.397 e. The van der Waals surface area contributed by atoms with Crippen LogP contribution in [0.25, 0.3) is 0 Å². The first-order chi connectivity index (χ1) is 7.27. The van der Waals surface area contributed by atoms with Gasteiger partial charge in [0.05, 0.1) is 22.9 Å². The maximum atomic E-state index is 6.00. The van der Waals surface area contributed by atoms with Crippen molar-refractivity contribution in [2.45, 2.75) is 6.54 Å². The number of halogens is 1. The van der Waals surface area contributed by atoms with Crippen molar-refractivity contribution in [3.63, 3.8) is 0 Å². The Labute approximate surface area is 92.5 Å². The quantitative estimate of drug-likeness (QED) is 0.698. The van der Waals surface area contributed by atoms with E-state index in [0.717, 1.165) is 11.5 Å². The zero-order chi connectivity index (χ0) is 10.7. The van der Waals surface area contributed by atoms with Gasteiger partial charge in [-0.15, -0.1) is 0 Å². The summed E-state index contributed by atoms with van der Waals surface area (Å²) < 4.78 is 0. The second kappa shape index (κ2) is 4.23. The van der Waals surface area contributed by atoms with E-state index in [1.54, 1.807) is 24.5 Å². The molecule has 0 aliphatic rings. The van der Waals surface area contributed by atoms with Crippen molar-refractivity contribution in [2.24, 2.45) is 0 Å². The third-order valence-electron chi connectivity index (χ3n) is 2.03. The Hall–Kier alpha value is -1.68. The lowest BCUT2D eigenvalue weighted by atomic mass is 10.2. The highest BCUT2D eigenvalue weighted by Crippen LogP contribution is 2.27. The molecule has 4 nitrogen and oxygen atoms in total. The van der Waals surface area contributed by atoms with Crippen LogP contribution in [0.15, 0.2) is 30.6 Å². The molecule has 0 unspecified atom stereocenters. The normalized spacial score (nSPS) is 10.2. The SMILES string of the molecule is Nc1cccc(Cl)c1NCc1ncc[nH]1. The van der Waals surface area contributed by atoms with Crippen molar-refractivity contribution in [3.05, 3.63) is 41.4 Å². The van der Waals surface area contributed by atoms with Gasteiger partial charge < -0.3 is 16.0 Å². The van der Waals surface area contributed by atoms with Crippen molar-refractivity contribution in [1.29, 1.82) is 0 Å². The van der Waals surface area contributed by atoms with Crippen molar-refractivity contribution in [1.82, 2.24) is 9.97 Å². The Balaban J connectivity index is 2.11. The first-order valence-corrected chi connectivity index (χ1v) is 4.91. The average Bonchev–Trinajstić information content (AvgIpc) is 2.70. The van der Waals surface area contributed by atoms with Crippen LogP contribution in [0.2, 0.25) is 5.02 Å². The van der Waals surface area contributed by atoms with Gasteiger partial charge in [-0.1, -0.05) is 17.7 Å². The summed E-state index contributed by atoms with van der Waals surface area (Å²) in [6, 6.07) is 5.41. The third-order valence-corrected chi connectivity index (χ3v) is 2.35. The predicted octanol–water partition coefficient (Wildman–Crippen LogP) is 2.26. The lowest BCUT2D eigenvalue weighted by Gasteiger charge is -2.09. The lowest BCUT2D eigenvalue weighted by Crippen LogP contribution is -2.04. The number of nitrogens with zero attached hydrogens (tertiary/aromatic N) is 1. The van der Waals surface area contributed by atoms with Gasteiger partial charge in [0, 0.05) is 12.4 Å². The highest BCUT2D eigenvalue weighted by atomic mass is 35.5. The Morgan fingerprint density at radius 1 is 1.47 bits per heavy atom. The first-order valence-electron chi connectivity index (χ1n) is 4.53. The number of hydrogen-bond acceptors (Lipinski definition) is 3. The van der Waals surface area contributed by atoms with Crippen LogP contribution in [0, 0.1) is 0 Å². The van der Waals surface area contributed by atoms with Gasteiger partial charge >= 0.3 is 0 Å². The van der Waals surface area contributed by atoms with Gasteiger partial charge in [-0.05, 0) is 12.1 Å². The molecule has 15 heavy (non-hydrogen) atoms. The molecule has 1 aromatic carbocycles. The molecule has 0 radical (unpaired) electrons. The maximum absolute atomic E-state index is 6.00. The zero-order valence-corrected chi connectivity index (χ0v) is 8.75. The van der Waals surface area contributed by atoms with Gasteiger partial charge in [0.2, 0.25) is 0 Å². The lowest BCUT2D eigenvalue weighted by molar-refractivity contribution is 1.00. The third kappa shape index (κ3) is 2.22. The second-order valence-corrected chi connectivity index (χ2v) is 3.50. The number of aromatic amines is 1. The van der Waals surface area contributed by atoms with Crippen LogP contribution in [-0.4, -0.2) is 9.97 Å². The van der Waals surface area contributed by atoms with Gasteiger partial charge in [0.1, 0.15) is 5.82 Å². The van der Waals surface area contributed by atoms with Gasteiger partial charge in [-0.25, -0.2) is 4.98 Å². The van der Waals surface area contributed by atoms with Gasteiger partial charge in [0.15, 0.2) is 0 Å². The summed E-state index contributed by atoms with van der Waals surface area (Å²) in [6.45, 7) is 0.570. The maximum Gasteiger partial charge on any atom is 0.125 e. The zero-order valence-electron chi connectivity index (χ0n) is 8.00. The van der Waals surface area contributed by atoms with E-state index in [1.807, 2.05) is 6.07 Å². The number of para-hydroxylation sites is 1. The van der Waals surface area contributed by atoms with Crippen molar-refractivity contribution < 1.29 is 0 Å². The van der Waals surface area contributed by atoms with E-state index >= 15 is 0 Å². The number of imidazole rings is 1. The fourth-order valence-corrected chi connectivity index (χ4v) is 1.54. The Bertz CT molecular complexity index is 418. The molecule has 2 rings (SSSR count). The summed E-state index contributed by atoms with van der Waals surface area (Å²) in [5.41, 5.74) is 7.16. The standard InChI is InChI=1S/C10H11ClN4/c11-7-2-1-3-8(12)10(7)15-6-9-13-4-5-14-9/h1-5,15H,6,12H2,(H,13,14). The molecule has 1 aromatic heterocycles. The molecule has 0 saturated carbocycles. The molecule has 0 aliphatic carbocycles. The predicted molar refractivity (Wildman–Crippen MR) is 61.8 cm³/mol. The number of H-pyrrole nitrogens is 1. The van der Waals surface area contributed by atoms with Crippen molar-refractivity contribution in [2.75, 3.05) is 11.1 Å². The number of rotatable bonds is 3. The number of nitrogens with one attached hydrogen (secondary N) is 2. The van der Waals surface area contributed by atoms with Crippen molar-refractivity contribution in [3.8, 4) is 0 Å². The number of nitrogen functional groups attached to an aromatic ring is 1. The van der Waals surface area contributed by atoms with E-state index in [9.17, 15) is 0 Å². The molecule has 0 amide bonds. The molecule has 2 aromatic rings. The Morgan fingerprint density at radius 3 is 3.00 bits per heavy atom. The highest BCUT2D eigenvalue weighted by Gasteiger charge is 2.03. The summed E-state index contributed by atoms with van der Waals surface area (Å²) in [4.78, 5) is 7.08. The fourth-order valence-electron chi connectivity index (χ4n) is 1.29. The number of anilines is 2. The minimum absolute atomic E-state index is 0.570. The molecule has 0 aliphatic heterocycles. The van der Waals surface area contributed by atoms with E-state index < -0.39 is 0 Å². The van der Waals surface area contributed by atoms with Crippen molar-refractivity contribution >= 4 is 23.0 Å². The molecule has 0 saturated heterocycles. The van der Waals surface area contributed by atoms with Crippen LogP contribution in [0.4, 0.5) is 11.4 Å². The number of hydrogen-bond donors (Lipinski definition) is 3. The topological polar surface area (TPSA) is 66.7 Å². The Kier molecular flexibility index (Phi) is 2.78. The summed E-state index contributed by atoms with van der Waals surface area (Å²) in [6.07, 6.45) is 3.47. The van der Waals surface area contributed by atoms with Gasteiger partial charge in [-0.3, -0.25) is 0 Å². The summed E-state index contributed by atoms with van der Waals surface area (Å²) in [5, 5.41) is 3.75. The van der Waals surface area contributed by atoms with Gasteiger partial charge in [-0.2, -0.15) is 0 Å². The summed E-state index contributed by atoms with van der Waals surface area (Å²) >= 11 is 6.00. The minimum atomic E-state index is 0.570. The number of benzene rings is 1. The molecule has 0 atom stereocenters. The number of aromatic nitrogens is 2. The molecule has 4 N–H and O–H groups in total. The van der Waals surface area contributed by atoms with Crippen LogP contribution in [0.1, 0.15) is 5.82 Å². The second-order valence-electron chi connectivity index (χ2n) is 3.09. The molecular weight excluding hydrogens is 212 g/mol. The van der Waals surface area contributed by atoms with E-state index in [1.165, 1.54) is 0 Å². The summed E-state index contributed by atoms with van der Waals surface area (Å²) in [5.74, 6) is 0.842. The van der Waals surface area contributed by atoms with E-state index in [4.69, 9.17) is 17.3 Å². The summed E-state index contributed by atoms with van der Waals surface area (Å²) in [7, 11) is 0. The van der Waals surface area contributed by atoms with Crippen LogP contribution in [0.3, 0.4) is 0 Å².